The van der Waals surface area contributed by atoms with E-state index in [0.717, 1.165) is 5.56 Å². The Kier molecular flexibility index (Phi) is 6.15. The number of carbonyl (C=O) groups excluding carboxylic acids is 2. The normalized spacial score (nSPS) is 11.5. The molecule has 0 aliphatic heterocycles. The standard InChI is InChI=1S/C13H18N4O4/c1-15-7-8-3-2-4-9(5-8)16-13(21)17-10(12(19)20)6-11(14)18/h2-5,10,15H,6-7H2,1H3,(H2,14,18)(H,19,20)(H2,16,17,21)/t10-/m1/s1. The Labute approximate surface area is 121 Å². The van der Waals surface area contributed by atoms with Crippen LogP contribution < -0.4 is 21.7 Å². The van der Waals surface area contributed by atoms with Crippen molar-refractivity contribution in [3.05, 3.63) is 29.8 Å². The highest BCUT2D eigenvalue weighted by Crippen LogP contribution is 2.10. The fourth-order valence-corrected chi connectivity index (χ4v) is 1.69. The van der Waals surface area contributed by atoms with E-state index in [1.165, 1.54) is 0 Å². The molecule has 0 heterocycles. The molecule has 0 spiro atoms. The molecule has 114 valence electrons. The third-order valence-electron chi connectivity index (χ3n) is 2.57. The van der Waals surface area contributed by atoms with Crippen LogP contribution in [-0.2, 0) is 16.1 Å². The lowest BCUT2D eigenvalue weighted by Crippen LogP contribution is -2.45. The van der Waals surface area contributed by atoms with Crippen LogP contribution in [-0.4, -0.2) is 36.1 Å². The molecule has 0 aliphatic carbocycles. The van der Waals surface area contributed by atoms with E-state index >= 15 is 0 Å². The number of carbonyl (C=O) groups is 3. The first kappa shape index (κ1) is 16.4. The monoisotopic (exact) mass is 294 g/mol. The molecule has 21 heavy (non-hydrogen) atoms. The van der Waals surface area contributed by atoms with Crippen LogP contribution in [0.2, 0.25) is 0 Å². The number of benzene rings is 1. The van der Waals surface area contributed by atoms with Crippen molar-refractivity contribution in [2.75, 3.05) is 12.4 Å². The minimum Gasteiger partial charge on any atom is -0.480 e. The van der Waals surface area contributed by atoms with Crippen molar-refractivity contribution in [1.29, 1.82) is 0 Å². The molecular weight excluding hydrogens is 276 g/mol. The highest BCUT2D eigenvalue weighted by Gasteiger charge is 2.22. The average molecular weight is 294 g/mol. The van der Waals surface area contributed by atoms with Crippen LogP contribution in [0.25, 0.3) is 0 Å². The number of hydrogen-bond donors (Lipinski definition) is 5. The number of amides is 3. The first-order chi connectivity index (χ1) is 9.92. The van der Waals surface area contributed by atoms with E-state index in [4.69, 9.17) is 10.8 Å². The Morgan fingerprint density at radius 3 is 2.62 bits per heavy atom. The quantitative estimate of drug-likeness (QED) is 0.477. The van der Waals surface area contributed by atoms with E-state index in [9.17, 15) is 14.4 Å². The molecule has 0 saturated carbocycles. The molecule has 0 bridgehead atoms. The van der Waals surface area contributed by atoms with Crippen molar-refractivity contribution < 1.29 is 19.5 Å². The number of primary amides is 1. The maximum atomic E-state index is 11.7. The summed E-state index contributed by atoms with van der Waals surface area (Å²) < 4.78 is 0. The van der Waals surface area contributed by atoms with Crippen LogP contribution >= 0.6 is 0 Å². The molecule has 0 aromatic heterocycles. The summed E-state index contributed by atoms with van der Waals surface area (Å²) in [5.41, 5.74) is 6.41. The van der Waals surface area contributed by atoms with Crippen molar-refractivity contribution >= 4 is 23.6 Å². The zero-order valence-electron chi connectivity index (χ0n) is 11.6. The predicted molar refractivity (Wildman–Crippen MR) is 76.6 cm³/mol. The first-order valence-corrected chi connectivity index (χ1v) is 6.24. The fourth-order valence-electron chi connectivity index (χ4n) is 1.69. The molecule has 8 heteroatoms. The number of nitrogens with one attached hydrogen (secondary N) is 3. The predicted octanol–water partition coefficient (Wildman–Crippen LogP) is -0.144. The smallest absolute Gasteiger partial charge is 0.326 e. The maximum Gasteiger partial charge on any atom is 0.326 e. The summed E-state index contributed by atoms with van der Waals surface area (Å²) in [7, 11) is 1.80. The van der Waals surface area contributed by atoms with Gasteiger partial charge >= 0.3 is 12.0 Å². The molecular formula is C13H18N4O4. The summed E-state index contributed by atoms with van der Waals surface area (Å²) in [5.74, 6) is -2.13. The second kappa shape index (κ2) is 7.85. The zero-order valence-corrected chi connectivity index (χ0v) is 11.6. The lowest BCUT2D eigenvalue weighted by Gasteiger charge is -2.14. The molecule has 0 radical (unpaired) electrons. The summed E-state index contributed by atoms with van der Waals surface area (Å²) in [6, 6.07) is 4.99. The molecule has 3 amide bonds. The molecule has 0 saturated heterocycles. The number of carboxylic acids is 1. The third kappa shape index (κ3) is 5.91. The number of urea groups is 1. The van der Waals surface area contributed by atoms with E-state index in [1.54, 1.807) is 25.2 Å². The van der Waals surface area contributed by atoms with Gasteiger partial charge in [0.05, 0.1) is 6.42 Å². The van der Waals surface area contributed by atoms with Gasteiger partial charge in [-0.15, -0.1) is 0 Å². The number of hydrogen-bond acceptors (Lipinski definition) is 4. The third-order valence-corrected chi connectivity index (χ3v) is 2.57. The summed E-state index contributed by atoms with van der Waals surface area (Å²) in [4.78, 5) is 33.4. The van der Waals surface area contributed by atoms with E-state index in [1.807, 2.05) is 6.07 Å². The largest absolute Gasteiger partial charge is 0.480 e. The van der Waals surface area contributed by atoms with Gasteiger partial charge in [-0.3, -0.25) is 4.79 Å². The van der Waals surface area contributed by atoms with E-state index in [-0.39, 0.29) is 0 Å². The number of nitrogens with two attached hydrogens (primary N) is 1. The Bertz CT molecular complexity index is 533. The summed E-state index contributed by atoms with van der Waals surface area (Å²) in [6.45, 7) is 0.635. The van der Waals surface area contributed by atoms with Gasteiger partial charge < -0.3 is 26.8 Å². The number of rotatable bonds is 7. The molecule has 1 aromatic carbocycles. The van der Waals surface area contributed by atoms with Crippen molar-refractivity contribution in [1.82, 2.24) is 10.6 Å². The van der Waals surface area contributed by atoms with Gasteiger partial charge in [0.15, 0.2) is 0 Å². The fraction of sp³-hybridized carbons (Fsp3) is 0.308. The number of anilines is 1. The van der Waals surface area contributed by atoms with Gasteiger partial charge in [0.25, 0.3) is 0 Å². The maximum absolute atomic E-state index is 11.7. The van der Waals surface area contributed by atoms with Gasteiger partial charge in [0.2, 0.25) is 5.91 Å². The molecule has 1 rings (SSSR count). The second-order valence-corrected chi connectivity index (χ2v) is 4.39. The van der Waals surface area contributed by atoms with Crippen LogP contribution in [0.3, 0.4) is 0 Å². The first-order valence-electron chi connectivity index (χ1n) is 6.24. The lowest BCUT2D eigenvalue weighted by molar-refractivity contribution is -0.140. The van der Waals surface area contributed by atoms with Crippen molar-refractivity contribution in [2.24, 2.45) is 5.73 Å². The summed E-state index contributed by atoms with van der Waals surface area (Å²) >= 11 is 0. The Balaban J connectivity index is 2.65. The minimum absolute atomic E-state index is 0.470. The van der Waals surface area contributed by atoms with E-state index < -0.39 is 30.4 Å². The molecule has 8 nitrogen and oxygen atoms in total. The number of carboxylic acid groups (broad SMARTS) is 1. The van der Waals surface area contributed by atoms with E-state index in [0.29, 0.717) is 12.2 Å². The van der Waals surface area contributed by atoms with Crippen molar-refractivity contribution in [3.63, 3.8) is 0 Å². The molecule has 0 aliphatic rings. The Hall–Kier alpha value is -2.61. The van der Waals surface area contributed by atoms with Gasteiger partial charge in [0.1, 0.15) is 6.04 Å². The van der Waals surface area contributed by atoms with Gasteiger partial charge in [-0.2, -0.15) is 0 Å². The summed E-state index contributed by atoms with van der Waals surface area (Å²) in [5, 5.41) is 16.6. The van der Waals surface area contributed by atoms with Crippen LogP contribution in [0, 0.1) is 0 Å². The van der Waals surface area contributed by atoms with Crippen LogP contribution in [0.5, 0.6) is 0 Å². The van der Waals surface area contributed by atoms with Gasteiger partial charge in [-0.05, 0) is 24.7 Å². The minimum atomic E-state index is -1.36. The Morgan fingerprint density at radius 2 is 2.05 bits per heavy atom. The SMILES string of the molecule is CNCc1cccc(NC(=O)N[C@H](CC(N)=O)C(=O)O)c1. The molecule has 1 atom stereocenters. The molecule has 0 unspecified atom stereocenters. The van der Waals surface area contributed by atoms with Gasteiger partial charge in [-0.1, -0.05) is 12.1 Å². The summed E-state index contributed by atoms with van der Waals surface area (Å²) in [6.07, 6.45) is -0.470. The van der Waals surface area contributed by atoms with Crippen LogP contribution in [0.1, 0.15) is 12.0 Å². The molecule has 6 N–H and O–H groups in total. The second-order valence-electron chi connectivity index (χ2n) is 4.39. The number of aliphatic carboxylic acids is 1. The highest BCUT2D eigenvalue weighted by molar-refractivity contribution is 5.93. The molecule has 1 aromatic rings. The van der Waals surface area contributed by atoms with Crippen LogP contribution in [0.15, 0.2) is 24.3 Å². The van der Waals surface area contributed by atoms with Crippen molar-refractivity contribution in [3.8, 4) is 0 Å². The van der Waals surface area contributed by atoms with E-state index in [2.05, 4.69) is 16.0 Å². The zero-order chi connectivity index (χ0) is 15.8. The van der Waals surface area contributed by atoms with Crippen LogP contribution in [0.4, 0.5) is 10.5 Å². The van der Waals surface area contributed by atoms with Crippen molar-refractivity contribution in [2.45, 2.75) is 19.0 Å². The van der Waals surface area contributed by atoms with Gasteiger partial charge in [0, 0.05) is 12.2 Å². The molecule has 0 fully saturated rings. The average Bonchev–Trinajstić information content (AvgIpc) is 2.38. The Morgan fingerprint density at radius 1 is 1.33 bits per heavy atom. The topological polar surface area (TPSA) is 134 Å². The van der Waals surface area contributed by atoms with Gasteiger partial charge in [-0.25, -0.2) is 9.59 Å². The lowest BCUT2D eigenvalue weighted by atomic mass is 10.2. The highest BCUT2D eigenvalue weighted by atomic mass is 16.4.